The second kappa shape index (κ2) is 4.57. The van der Waals surface area contributed by atoms with Crippen LogP contribution in [0.5, 0.6) is 5.88 Å². The molecule has 0 saturated heterocycles. The van der Waals surface area contributed by atoms with Gasteiger partial charge in [-0.15, -0.1) is 0 Å². The Labute approximate surface area is 93.7 Å². The van der Waals surface area contributed by atoms with Crippen molar-refractivity contribution in [3.63, 3.8) is 0 Å². The van der Waals surface area contributed by atoms with Gasteiger partial charge < -0.3 is 4.74 Å². The zero-order valence-electron chi connectivity index (χ0n) is 8.88. The van der Waals surface area contributed by atoms with E-state index in [-0.39, 0.29) is 0 Å². The molecule has 0 aliphatic heterocycles. The zero-order valence-corrected chi connectivity index (χ0v) is 8.88. The predicted octanol–water partition coefficient (Wildman–Crippen LogP) is 2.57. The van der Waals surface area contributed by atoms with Crippen LogP contribution in [-0.4, -0.2) is 18.4 Å². The monoisotopic (exact) mass is 213 g/mol. The summed E-state index contributed by atoms with van der Waals surface area (Å²) in [6.45, 7) is 0. The molecule has 0 amide bonds. The van der Waals surface area contributed by atoms with Gasteiger partial charge in [-0.3, -0.25) is 4.79 Å². The minimum Gasteiger partial charge on any atom is -0.481 e. The highest BCUT2D eigenvalue weighted by molar-refractivity contribution is 5.79. The van der Waals surface area contributed by atoms with E-state index < -0.39 is 0 Å². The normalized spacial score (nSPS) is 9.81. The number of hydrogen-bond donors (Lipinski definition) is 0. The molecular formula is C13H11NO2. The number of pyridine rings is 1. The van der Waals surface area contributed by atoms with Crippen LogP contribution < -0.4 is 4.74 Å². The van der Waals surface area contributed by atoms with Gasteiger partial charge in [0.2, 0.25) is 5.88 Å². The Bertz CT molecular complexity index is 509. The molecular weight excluding hydrogens is 202 g/mol. The number of aldehydes is 1. The fourth-order valence-electron chi connectivity index (χ4n) is 1.55. The molecule has 3 heteroatoms. The van der Waals surface area contributed by atoms with Crippen molar-refractivity contribution in [2.45, 2.75) is 0 Å². The number of methoxy groups -OCH3 is 1. The van der Waals surface area contributed by atoms with Gasteiger partial charge in [0.05, 0.1) is 7.11 Å². The molecule has 0 saturated carbocycles. The summed E-state index contributed by atoms with van der Waals surface area (Å²) in [6, 6.07) is 11.1. The van der Waals surface area contributed by atoms with E-state index in [1.807, 2.05) is 30.3 Å². The minimum absolute atomic E-state index is 0.561. The van der Waals surface area contributed by atoms with Crippen LogP contribution in [0, 0.1) is 0 Å². The lowest BCUT2D eigenvalue weighted by Gasteiger charge is -2.06. The SMILES string of the molecule is COc1ncccc1-c1cccc(C=O)c1. The number of benzene rings is 1. The summed E-state index contributed by atoms with van der Waals surface area (Å²) < 4.78 is 5.17. The van der Waals surface area contributed by atoms with Crippen LogP contribution in [0.4, 0.5) is 0 Å². The third-order valence-corrected chi connectivity index (χ3v) is 2.30. The molecule has 0 spiro atoms. The van der Waals surface area contributed by atoms with Crippen LogP contribution in [-0.2, 0) is 0 Å². The summed E-state index contributed by atoms with van der Waals surface area (Å²) in [7, 11) is 1.58. The molecule has 2 rings (SSSR count). The van der Waals surface area contributed by atoms with Crippen LogP contribution in [0.3, 0.4) is 0 Å². The third kappa shape index (κ3) is 1.93. The molecule has 0 N–H and O–H groups in total. The number of aromatic nitrogens is 1. The average Bonchev–Trinajstić information content (AvgIpc) is 2.38. The van der Waals surface area contributed by atoms with Crippen molar-refractivity contribution < 1.29 is 9.53 Å². The van der Waals surface area contributed by atoms with E-state index in [9.17, 15) is 4.79 Å². The van der Waals surface area contributed by atoms with E-state index in [0.29, 0.717) is 11.4 Å². The first-order valence-corrected chi connectivity index (χ1v) is 4.90. The van der Waals surface area contributed by atoms with Crippen molar-refractivity contribution in [2.24, 2.45) is 0 Å². The summed E-state index contributed by atoms with van der Waals surface area (Å²) >= 11 is 0. The van der Waals surface area contributed by atoms with Crippen LogP contribution in [0.1, 0.15) is 10.4 Å². The lowest BCUT2D eigenvalue weighted by Crippen LogP contribution is -1.91. The Morgan fingerprint density at radius 2 is 2.12 bits per heavy atom. The van der Waals surface area contributed by atoms with E-state index in [0.717, 1.165) is 17.4 Å². The molecule has 80 valence electrons. The van der Waals surface area contributed by atoms with Gasteiger partial charge in [0.25, 0.3) is 0 Å². The Morgan fingerprint density at radius 3 is 2.88 bits per heavy atom. The van der Waals surface area contributed by atoms with Gasteiger partial charge in [-0.1, -0.05) is 18.2 Å². The number of ether oxygens (including phenoxy) is 1. The molecule has 0 fully saturated rings. The number of nitrogens with zero attached hydrogens (tertiary/aromatic N) is 1. The molecule has 0 radical (unpaired) electrons. The molecule has 0 bridgehead atoms. The number of rotatable bonds is 3. The van der Waals surface area contributed by atoms with Gasteiger partial charge in [-0.25, -0.2) is 4.98 Å². The van der Waals surface area contributed by atoms with Crippen molar-refractivity contribution >= 4 is 6.29 Å². The van der Waals surface area contributed by atoms with Crippen molar-refractivity contribution in [2.75, 3.05) is 7.11 Å². The number of hydrogen-bond acceptors (Lipinski definition) is 3. The van der Waals surface area contributed by atoms with Gasteiger partial charge in [-0.2, -0.15) is 0 Å². The van der Waals surface area contributed by atoms with E-state index in [1.165, 1.54) is 0 Å². The van der Waals surface area contributed by atoms with E-state index in [4.69, 9.17) is 4.74 Å². The summed E-state index contributed by atoms with van der Waals surface area (Å²) in [5, 5.41) is 0. The average molecular weight is 213 g/mol. The maximum atomic E-state index is 10.7. The first-order valence-electron chi connectivity index (χ1n) is 4.90. The molecule has 3 nitrogen and oxygen atoms in total. The first kappa shape index (κ1) is 10.4. The second-order valence-electron chi connectivity index (χ2n) is 3.30. The lowest BCUT2D eigenvalue weighted by molar-refractivity contribution is 0.112. The fraction of sp³-hybridized carbons (Fsp3) is 0.0769. The highest BCUT2D eigenvalue weighted by Crippen LogP contribution is 2.27. The highest BCUT2D eigenvalue weighted by Gasteiger charge is 2.06. The van der Waals surface area contributed by atoms with Gasteiger partial charge in [-0.05, 0) is 23.8 Å². The Hall–Kier alpha value is -2.16. The fourth-order valence-corrected chi connectivity index (χ4v) is 1.55. The molecule has 1 aromatic heterocycles. The Kier molecular flexibility index (Phi) is 2.96. The summed E-state index contributed by atoms with van der Waals surface area (Å²) in [5.41, 5.74) is 2.45. The Balaban J connectivity index is 2.53. The molecule has 16 heavy (non-hydrogen) atoms. The van der Waals surface area contributed by atoms with E-state index in [2.05, 4.69) is 4.98 Å². The largest absolute Gasteiger partial charge is 0.481 e. The zero-order chi connectivity index (χ0) is 11.4. The van der Waals surface area contributed by atoms with Crippen LogP contribution in [0.2, 0.25) is 0 Å². The maximum absolute atomic E-state index is 10.7. The summed E-state index contributed by atoms with van der Waals surface area (Å²) in [6.07, 6.45) is 2.50. The highest BCUT2D eigenvalue weighted by atomic mass is 16.5. The predicted molar refractivity (Wildman–Crippen MR) is 61.6 cm³/mol. The summed E-state index contributed by atoms with van der Waals surface area (Å²) in [4.78, 5) is 14.8. The third-order valence-electron chi connectivity index (χ3n) is 2.30. The number of carbonyl (C=O) groups excluding carboxylic acids is 1. The van der Waals surface area contributed by atoms with Crippen LogP contribution >= 0.6 is 0 Å². The molecule has 0 aliphatic rings. The van der Waals surface area contributed by atoms with Crippen molar-refractivity contribution in [1.82, 2.24) is 4.98 Å². The molecule has 0 unspecified atom stereocenters. The maximum Gasteiger partial charge on any atom is 0.221 e. The van der Waals surface area contributed by atoms with Crippen LogP contribution in [0.25, 0.3) is 11.1 Å². The van der Waals surface area contributed by atoms with Crippen molar-refractivity contribution in [3.8, 4) is 17.0 Å². The second-order valence-corrected chi connectivity index (χ2v) is 3.30. The molecule has 0 atom stereocenters. The molecule has 1 aromatic carbocycles. The van der Waals surface area contributed by atoms with Gasteiger partial charge in [0.1, 0.15) is 6.29 Å². The van der Waals surface area contributed by atoms with Gasteiger partial charge in [0.15, 0.2) is 0 Å². The van der Waals surface area contributed by atoms with Gasteiger partial charge in [0, 0.05) is 17.3 Å². The number of carbonyl (C=O) groups is 1. The molecule has 1 heterocycles. The smallest absolute Gasteiger partial charge is 0.221 e. The van der Waals surface area contributed by atoms with Gasteiger partial charge >= 0.3 is 0 Å². The van der Waals surface area contributed by atoms with E-state index in [1.54, 1.807) is 19.4 Å². The first-order chi connectivity index (χ1) is 7.85. The quantitative estimate of drug-likeness (QED) is 0.735. The van der Waals surface area contributed by atoms with Crippen molar-refractivity contribution in [1.29, 1.82) is 0 Å². The van der Waals surface area contributed by atoms with Crippen LogP contribution in [0.15, 0.2) is 42.6 Å². The topological polar surface area (TPSA) is 39.2 Å². The summed E-state index contributed by atoms with van der Waals surface area (Å²) in [5.74, 6) is 0.561. The molecule has 0 aliphatic carbocycles. The van der Waals surface area contributed by atoms with Crippen molar-refractivity contribution in [3.05, 3.63) is 48.2 Å². The molecule has 2 aromatic rings. The standard InChI is InChI=1S/C13H11NO2/c1-16-13-12(6-3-7-14-13)11-5-2-4-10(8-11)9-15/h2-9H,1H3. The Morgan fingerprint density at radius 1 is 1.25 bits per heavy atom. The lowest BCUT2D eigenvalue weighted by atomic mass is 10.0. The minimum atomic E-state index is 0.561. The van der Waals surface area contributed by atoms with E-state index >= 15 is 0 Å².